The third kappa shape index (κ3) is 8.54. The highest BCUT2D eigenvalue weighted by Gasteiger charge is 2.38. The minimum Gasteiger partial charge on any atom is -0.475 e. The van der Waals surface area contributed by atoms with Gasteiger partial charge >= 0.3 is 12.1 Å². The highest BCUT2D eigenvalue weighted by atomic mass is 35.5. The third-order valence-corrected chi connectivity index (χ3v) is 6.65. The Morgan fingerprint density at radius 2 is 1.88 bits per heavy atom. The fourth-order valence-corrected chi connectivity index (χ4v) is 4.40. The summed E-state index contributed by atoms with van der Waals surface area (Å²) in [5.41, 5.74) is 2.41. The Morgan fingerprint density at radius 1 is 1.18 bits per heavy atom. The summed E-state index contributed by atoms with van der Waals surface area (Å²) >= 11 is 12.0. The Bertz CT molecular complexity index is 1380. The van der Waals surface area contributed by atoms with Crippen LogP contribution in [0.25, 0.3) is 11.0 Å². The van der Waals surface area contributed by atoms with E-state index in [1.54, 1.807) is 31.5 Å². The zero-order valence-electron chi connectivity index (χ0n) is 20.9. The molecule has 40 heavy (non-hydrogen) atoms. The normalized spacial score (nSPS) is 17.6. The lowest BCUT2D eigenvalue weighted by Crippen LogP contribution is -2.49. The number of alkyl halides is 3. The predicted octanol–water partition coefficient (Wildman–Crippen LogP) is 3.98. The van der Waals surface area contributed by atoms with Crippen molar-refractivity contribution in [1.82, 2.24) is 25.9 Å². The molecule has 216 valence electrons. The summed E-state index contributed by atoms with van der Waals surface area (Å²) in [7, 11) is 0. The first-order valence-corrected chi connectivity index (χ1v) is 12.7. The molecule has 3 aromatic rings. The first-order chi connectivity index (χ1) is 18.7. The molecule has 0 radical (unpaired) electrons. The molecule has 1 aliphatic heterocycles. The van der Waals surface area contributed by atoms with Crippen LogP contribution in [0.4, 0.5) is 17.6 Å². The number of hydrogen-bond acceptors (Lipinski definition) is 5. The number of pyridine rings is 1. The Labute approximate surface area is 235 Å². The van der Waals surface area contributed by atoms with Crippen LogP contribution >= 0.6 is 23.2 Å². The molecule has 1 saturated heterocycles. The van der Waals surface area contributed by atoms with E-state index in [1.807, 2.05) is 6.07 Å². The molecule has 0 aliphatic carbocycles. The third-order valence-electron chi connectivity index (χ3n) is 6.05. The number of aliphatic carboxylic acids is 1. The Hall–Kier alpha value is -3.42. The van der Waals surface area contributed by atoms with E-state index in [9.17, 15) is 27.2 Å². The van der Waals surface area contributed by atoms with Gasteiger partial charge < -0.3 is 26.0 Å². The average Bonchev–Trinajstić information content (AvgIpc) is 3.51. The van der Waals surface area contributed by atoms with Crippen LogP contribution in [0.1, 0.15) is 24.5 Å². The van der Waals surface area contributed by atoms with Gasteiger partial charge in [-0.2, -0.15) is 13.2 Å². The molecule has 15 heteroatoms. The van der Waals surface area contributed by atoms with Gasteiger partial charge in [0, 0.05) is 24.3 Å². The van der Waals surface area contributed by atoms with Crippen LogP contribution in [0.2, 0.25) is 10.0 Å². The second-order valence-corrected chi connectivity index (χ2v) is 9.96. The number of carboxylic acids is 1. The van der Waals surface area contributed by atoms with E-state index in [2.05, 4.69) is 25.9 Å². The van der Waals surface area contributed by atoms with Crippen LogP contribution in [-0.4, -0.2) is 57.7 Å². The monoisotopic (exact) mass is 605 g/mol. The molecule has 4 rings (SSSR count). The van der Waals surface area contributed by atoms with Crippen molar-refractivity contribution in [3.63, 3.8) is 0 Å². The van der Waals surface area contributed by atoms with Crippen LogP contribution in [0.15, 0.2) is 36.7 Å². The lowest BCUT2D eigenvalue weighted by molar-refractivity contribution is -0.192. The van der Waals surface area contributed by atoms with Gasteiger partial charge in [0.25, 0.3) is 0 Å². The van der Waals surface area contributed by atoms with E-state index >= 15 is 0 Å². The zero-order valence-corrected chi connectivity index (χ0v) is 22.4. The first-order valence-electron chi connectivity index (χ1n) is 11.9. The van der Waals surface area contributed by atoms with E-state index in [-0.39, 0.29) is 35.3 Å². The summed E-state index contributed by atoms with van der Waals surface area (Å²) in [6, 6.07) is 5.46. The molecule has 9 nitrogen and oxygen atoms in total. The molecule has 2 aromatic heterocycles. The quantitative estimate of drug-likeness (QED) is 0.258. The van der Waals surface area contributed by atoms with Crippen molar-refractivity contribution in [1.29, 1.82) is 0 Å². The number of halogens is 6. The van der Waals surface area contributed by atoms with Crippen molar-refractivity contribution >= 4 is 52.0 Å². The van der Waals surface area contributed by atoms with Gasteiger partial charge in [-0.25, -0.2) is 14.2 Å². The van der Waals surface area contributed by atoms with Gasteiger partial charge in [-0.15, -0.1) is 0 Å². The summed E-state index contributed by atoms with van der Waals surface area (Å²) in [4.78, 5) is 41.2. The van der Waals surface area contributed by atoms with Gasteiger partial charge in [0.1, 0.15) is 17.5 Å². The Balaban J connectivity index is 0.000000559. The van der Waals surface area contributed by atoms with Crippen molar-refractivity contribution in [2.24, 2.45) is 5.92 Å². The van der Waals surface area contributed by atoms with Gasteiger partial charge in [0.2, 0.25) is 11.8 Å². The fraction of sp³-hybridized carbons (Fsp3) is 0.360. The molecule has 3 atom stereocenters. The smallest absolute Gasteiger partial charge is 0.475 e. The topological polar surface area (TPSA) is 136 Å². The molecule has 1 aliphatic rings. The number of carbonyl (C=O) groups is 3. The number of hydrogen-bond donors (Lipinski definition) is 5. The number of fused-ring (bicyclic) bond motifs is 1. The van der Waals surface area contributed by atoms with E-state index < -0.39 is 24.0 Å². The summed E-state index contributed by atoms with van der Waals surface area (Å²) in [5.74, 6) is -3.50. The minimum atomic E-state index is -5.08. The summed E-state index contributed by atoms with van der Waals surface area (Å²) in [5, 5.41) is 17.4. The number of aromatic amines is 1. The molecular weight excluding hydrogens is 581 g/mol. The number of amides is 2. The number of nitrogens with zero attached hydrogens (tertiary/aromatic N) is 1. The van der Waals surface area contributed by atoms with Gasteiger partial charge in [0.15, 0.2) is 0 Å². The van der Waals surface area contributed by atoms with Crippen molar-refractivity contribution in [2.75, 3.05) is 6.54 Å². The molecule has 3 heterocycles. The van der Waals surface area contributed by atoms with Crippen LogP contribution < -0.4 is 16.0 Å². The van der Waals surface area contributed by atoms with Crippen LogP contribution in [-0.2, 0) is 27.3 Å². The maximum Gasteiger partial charge on any atom is 0.490 e. The average molecular weight is 606 g/mol. The van der Waals surface area contributed by atoms with Crippen LogP contribution in [0, 0.1) is 11.7 Å². The zero-order chi connectivity index (χ0) is 29.6. The SMILES string of the molecule is C[C@H](NC(=O)[C@H]1C[C@H](Cc2ccc(F)c(Cl)c2)CN1)C(=O)NCc1cnc2[nH]cc(Cl)c2c1.O=C(O)C(F)(F)F. The number of aromatic nitrogens is 2. The summed E-state index contributed by atoms with van der Waals surface area (Å²) in [6.45, 7) is 2.57. The lowest BCUT2D eigenvalue weighted by atomic mass is 9.96. The Morgan fingerprint density at radius 3 is 2.52 bits per heavy atom. The Kier molecular flexibility index (Phi) is 10.3. The molecule has 0 spiro atoms. The van der Waals surface area contributed by atoms with Crippen LogP contribution in [0.3, 0.4) is 0 Å². The van der Waals surface area contributed by atoms with Gasteiger partial charge in [-0.3, -0.25) is 9.59 Å². The van der Waals surface area contributed by atoms with E-state index in [0.717, 1.165) is 16.5 Å². The first kappa shape index (κ1) is 31.1. The fourth-order valence-electron chi connectivity index (χ4n) is 4.00. The molecule has 0 bridgehead atoms. The highest BCUT2D eigenvalue weighted by molar-refractivity contribution is 6.35. The van der Waals surface area contributed by atoms with Gasteiger partial charge in [-0.05, 0) is 61.6 Å². The molecular formula is C25H25Cl2F4N5O4. The number of benzene rings is 1. The molecule has 1 fully saturated rings. The predicted molar refractivity (Wildman–Crippen MR) is 139 cm³/mol. The number of nitrogens with one attached hydrogen (secondary N) is 4. The molecule has 0 saturated carbocycles. The van der Waals surface area contributed by atoms with Crippen molar-refractivity contribution in [3.8, 4) is 0 Å². The largest absolute Gasteiger partial charge is 0.490 e. The van der Waals surface area contributed by atoms with Crippen molar-refractivity contribution < 1.29 is 37.1 Å². The summed E-state index contributed by atoms with van der Waals surface area (Å²) in [6.07, 6.45) is -0.445. The molecule has 5 N–H and O–H groups in total. The second kappa shape index (κ2) is 13.3. The number of H-pyrrole nitrogens is 1. The molecule has 0 unspecified atom stereocenters. The van der Waals surface area contributed by atoms with Gasteiger partial charge in [0.05, 0.1) is 16.1 Å². The number of carboxylic acid groups (broad SMARTS) is 1. The standard InChI is InChI=1S/C23H24Cl2FN5O2.C2HF3O2/c1-12(22(32)30-10-15-5-16-18(25)11-29-21(16)28-9-15)31-23(33)20-7-14(8-27-20)4-13-2-3-19(26)17(24)6-13;3-2(4,5)1(6)7/h2-3,5-6,9,11-12,14,20,27H,4,7-8,10H2,1H3,(H,28,29)(H,30,32)(H,31,33);(H,6,7)/t12-,14-,20+;/m0./s1. The molecule has 1 aromatic carbocycles. The van der Waals surface area contributed by atoms with Crippen molar-refractivity contribution in [3.05, 3.63) is 63.6 Å². The minimum absolute atomic E-state index is 0.0967. The summed E-state index contributed by atoms with van der Waals surface area (Å²) < 4.78 is 45.1. The highest BCUT2D eigenvalue weighted by Crippen LogP contribution is 2.24. The number of rotatable bonds is 7. The van der Waals surface area contributed by atoms with E-state index in [1.165, 1.54) is 6.07 Å². The van der Waals surface area contributed by atoms with Crippen molar-refractivity contribution in [2.45, 2.75) is 44.6 Å². The second-order valence-electron chi connectivity index (χ2n) is 9.14. The maximum atomic E-state index is 13.3. The van der Waals surface area contributed by atoms with E-state index in [0.29, 0.717) is 30.1 Å². The van der Waals surface area contributed by atoms with Gasteiger partial charge in [-0.1, -0.05) is 29.3 Å². The lowest BCUT2D eigenvalue weighted by Gasteiger charge is -2.17. The number of carbonyl (C=O) groups excluding carboxylic acids is 2. The maximum absolute atomic E-state index is 13.3. The van der Waals surface area contributed by atoms with Crippen LogP contribution in [0.5, 0.6) is 0 Å². The molecule has 2 amide bonds. The van der Waals surface area contributed by atoms with E-state index in [4.69, 9.17) is 33.1 Å².